The van der Waals surface area contributed by atoms with E-state index in [9.17, 15) is 4.39 Å². The van der Waals surface area contributed by atoms with Crippen molar-refractivity contribution in [2.24, 2.45) is 0 Å². The van der Waals surface area contributed by atoms with Crippen LogP contribution in [-0.4, -0.2) is 33.0 Å². The second-order valence-electron chi connectivity index (χ2n) is 8.63. The number of aromatic nitrogens is 4. The number of hydrogen-bond donors (Lipinski definition) is 3. The van der Waals surface area contributed by atoms with Gasteiger partial charge in [-0.05, 0) is 73.7 Å². The average Bonchev–Trinajstić information content (AvgIpc) is 3.25. The fourth-order valence-electron chi connectivity index (χ4n) is 4.42. The van der Waals surface area contributed by atoms with Gasteiger partial charge < -0.3 is 15.6 Å². The molecular weight excluding hydrogens is 403 g/mol. The Morgan fingerprint density at radius 2 is 1.84 bits per heavy atom. The summed E-state index contributed by atoms with van der Waals surface area (Å²) in [6, 6.07) is 8.27. The molecule has 0 saturated carbocycles. The minimum Gasteiger partial charge on any atom is -0.346 e. The lowest BCUT2D eigenvalue weighted by atomic mass is 9.90. The topological polar surface area (TPSA) is 78.5 Å². The first-order valence-corrected chi connectivity index (χ1v) is 11.2. The Hall–Kier alpha value is -3.32. The van der Waals surface area contributed by atoms with Crippen molar-refractivity contribution in [2.75, 3.05) is 18.4 Å². The number of nitrogens with zero attached hydrogens (tertiary/aromatic N) is 3. The van der Waals surface area contributed by atoms with Crippen molar-refractivity contribution >= 4 is 22.5 Å². The molecule has 0 spiro atoms. The number of nitrogens with one attached hydrogen (secondary N) is 3. The zero-order chi connectivity index (χ0) is 22.1. The highest BCUT2D eigenvalue weighted by molar-refractivity contribution is 5.94. The normalized spacial score (nSPS) is 14.9. The van der Waals surface area contributed by atoms with Crippen LogP contribution in [0.1, 0.15) is 49.7 Å². The van der Waals surface area contributed by atoms with Crippen molar-refractivity contribution < 1.29 is 4.39 Å². The molecule has 32 heavy (non-hydrogen) atoms. The van der Waals surface area contributed by atoms with Crippen LogP contribution in [0, 0.1) is 5.82 Å². The van der Waals surface area contributed by atoms with Gasteiger partial charge in [0.05, 0.1) is 5.69 Å². The summed E-state index contributed by atoms with van der Waals surface area (Å²) in [4.78, 5) is 17.3. The van der Waals surface area contributed by atoms with Gasteiger partial charge in [0.25, 0.3) is 0 Å². The highest BCUT2D eigenvalue weighted by Gasteiger charge is 2.21. The first-order valence-electron chi connectivity index (χ1n) is 11.2. The molecule has 164 valence electrons. The monoisotopic (exact) mass is 430 g/mol. The van der Waals surface area contributed by atoms with Crippen molar-refractivity contribution in [3.05, 3.63) is 65.9 Å². The largest absolute Gasteiger partial charge is 0.346 e. The molecule has 0 bridgehead atoms. The van der Waals surface area contributed by atoms with Gasteiger partial charge in [-0.1, -0.05) is 13.8 Å². The van der Waals surface area contributed by atoms with Gasteiger partial charge in [0.1, 0.15) is 17.3 Å². The molecule has 0 amide bonds. The maximum absolute atomic E-state index is 13.4. The van der Waals surface area contributed by atoms with E-state index in [0.29, 0.717) is 11.7 Å². The molecule has 1 saturated heterocycles. The third kappa shape index (κ3) is 3.96. The average molecular weight is 431 g/mol. The Labute approximate surface area is 186 Å². The van der Waals surface area contributed by atoms with Gasteiger partial charge in [-0.3, -0.25) is 0 Å². The fourth-order valence-corrected chi connectivity index (χ4v) is 4.42. The van der Waals surface area contributed by atoms with Gasteiger partial charge in [-0.15, -0.1) is 0 Å². The molecule has 4 aromatic rings. The molecule has 0 unspecified atom stereocenters. The number of aromatic amines is 1. The highest BCUT2D eigenvalue weighted by Crippen LogP contribution is 2.37. The molecule has 3 N–H and O–H groups in total. The van der Waals surface area contributed by atoms with Crippen LogP contribution < -0.4 is 10.6 Å². The zero-order valence-electron chi connectivity index (χ0n) is 18.3. The number of piperidine rings is 1. The van der Waals surface area contributed by atoms with Crippen LogP contribution in [0.4, 0.5) is 15.9 Å². The Balaban J connectivity index is 1.57. The molecule has 1 aliphatic heterocycles. The molecule has 4 heterocycles. The van der Waals surface area contributed by atoms with Crippen molar-refractivity contribution in [3.8, 4) is 11.4 Å². The van der Waals surface area contributed by atoms with Crippen molar-refractivity contribution in [2.45, 2.75) is 38.5 Å². The minimum absolute atomic E-state index is 0.243. The maximum atomic E-state index is 13.4. The summed E-state index contributed by atoms with van der Waals surface area (Å²) < 4.78 is 13.4. The molecule has 5 rings (SSSR count). The smallest absolute Gasteiger partial charge is 0.161 e. The van der Waals surface area contributed by atoms with Crippen molar-refractivity contribution in [1.29, 1.82) is 0 Å². The second-order valence-corrected chi connectivity index (χ2v) is 8.63. The lowest BCUT2D eigenvalue weighted by molar-refractivity contribution is 0.462. The molecule has 3 aromatic heterocycles. The number of pyridine rings is 1. The van der Waals surface area contributed by atoms with Crippen LogP contribution in [0.25, 0.3) is 22.4 Å². The number of hydrogen-bond acceptors (Lipinski definition) is 5. The molecule has 7 heteroatoms. The number of rotatable bonds is 5. The predicted octanol–water partition coefficient (Wildman–Crippen LogP) is 5.49. The molecule has 6 nitrogen and oxygen atoms in total. The first-order chi connectivity index (χ1) is 15.6. The van der Waals surface area contributed by atoms with E-state index in [-0.39, 0.29) is 11.7 Å². The Kier molecular flexibility index (Phi) is 5.57. The van der Waals surface area contributed by atoms with Gasteiger partial charge in [0, 0.05) is 35.1 Å². The van der Waals surface area contributed by atoms with E-state index in [4.69, 9.17) is 4.98 Å². The Morgan fingerprint density at radius 3 is 2.59 bits per heavy atom. The van der Waals surface area contributed by atoms with Crippen LogP contribution in [0.3, 0.4) is 0 Å². The fraction of sp³-hybridized carbons (Fsp3) is 0.320. The molecule has 0 radical (unpaired) electrons. The number of anilines is 2. The number of H-pyrrole nitrogens is 1. The molecule has 1 aromatic carbocycles. The quantitative estimate of drug-likeness (QED) is 0.390. The van der Waals surface area contributed by atoms with Gasteiger partial charge in [0.2, 0.25) is 0 Å². The van der Waals surface area contributed by atoms with E-state index < -0.39 is 0 Å². The molecule has 0 atom stereocenters. The standard InChI is InChI=1S/C25H27FN6/c1-15(2)19-13-29-23(17-3-5-18(26)6-4-17)32-24(19)31-21-9-12-28-25-22(21)20(14-30-25)16-7-10-27-11-8-16/h3-6,9,12-16,27H,7-8,10-11H2,1-2H3,(H2,28,29,30,31,32). The molecule has 1 fully saturated rings. The van der Waals surface area contributed by atoms with Gasteiger partial charge in [0.15, 0.2) is 5.82 Å². The Bertz CT molecular complexity index is 1230. The molecule has 1 aliphatic rings. The number of fused-ring (bicyclic) bond motifs is 1. The highest BCUT2D eigenvalue weighted by atomic mass is 19.1. The summed E-state index contributed by atoms with van der Waals surface area (Å²) in [6.07, 6.45) is 8.00. The molecule has 0 aliphatic carbocycles. The van der Waals surface area contributed by atoms with E-state index >= 15 is 0 Å². The maximum Gasteiger partial charge on any atom is 0.161 e. The van der Waals surface area contributed by atoms with Gasteiger partial charge in [-0.2, -0.15) is 0 Å². The van der Waals surface area contributed by atoms with E-state index in [1.165, 1.54) is 17.7 Å². The van der Waals surface area contributed by atoms with E-state index in [1.54, 1.807) is 12.1 Å². The van der Waals surface area contributed by atoms with E-state index in [0.717, 1.165) is 59.6 Å². The zero-order valence-corrected chi connectivity index (χ0v) is 18.3. The van der Waals surface area contributed by atoms with Crippen LogP contribution >= 0.6 is 0 Å². The van der Waals surface area contributed by atoms with Crippen molar-refractivity contribution in [1.82, 2.24) is 25.3 Å². The lowest BCUT2D eigenvalue weighted by Crippen LogP contribution is -2.26. The van der Waals surface area contributed by atoms with Crippen LogP contribution in [0.15, 0.2) is 48.9 Å². The van der Waals surface area contributed by atoms with E-state index in [2.05, 4.69) is 45.6 Å². The van der Waals surface area contributed by atoms with Gasteiger partial charge in [-0.25, -0.2) is 19.3 Å². The third-order valence-electron chi connectivity index (χ3n) is 6.18. The first kappa shape index (κ1) is 20.6. The summed E-state index contributed by atoms with van der Waals surface area (Å²) in [5.74, 6) is 1.80. The summed E-state index contributed by atoms with van der Waals surface area (Å²) in [7, 11) is 0. The SMILES string of the molecule is CC(C)c1cnc(-c2ccc(F)cc2)nc1Nc1ccnc2[nH]cc(C3CCNCC3)c12. The Morgan fingerprint density at radius 1 is 1.06 bits per heavy atom. The summed E-state index contributed by atoms with van der Waals surface area (Å²) in [5, 5.41) is 8.15. The van der Waals surface area contributed by atoms with Crippen LogP contribution in [0.5, 0.6) is 0 Å². The second kappa shape index (κ2) is 8.67. The predicted molar refractivity (Wildman–Crippen MR) is 126 cm³/mol. The van der Waals surface area contributed by atoms with Crippen LogP contribution in [0.2, 0.25) is 0 Å². The number of benzene rings is 1. The summed E-state index contributed by atoms with van der Waals surface area (Å²) in [6.45, 7) is 6.32. The van der Waals surface area contributed by atoms with Crippen molar-refractivity contribution in [3.63, 3.8) is 0 Å². The van der Waals surface area contributed by atoms with Gasteiger partial charge >= 0.3 is 0 Å². The minimum atomic E-state index is -0.275. The molecular formula is C25H27FN6. The number of halogens is 1. The lowest BCUT2D eigenvalue weighted by Gasteiger charge is -2.23. The van der Waals surface area contributed by atoms with E-state index in [1.807, 2.05) is 18.5 Å². The summed E-state index contributed by atoms with van der Waals surface area (Å²) >= 11 is 0. The summed E-state index contributed by atoms with van der Waals surface area (Å²) in [5.41, 5.74) is 4.97. The van der Waals surface area contributed by atoms with Crippen LogP contribution in [-0.2, 0) is 0 Å². The third-order valence-corrected chi connectivity index (χ3v) is 6.18.